The van der Waals surface area contributed by atoms with Gasteiger partial charge in [0.05, 0.1) is 0 Å². The van der Waals surface area contributed by atoms with Crippen molar-refractivity contribution in [3.8, 4) is 0 Å². The first-order valence-electron chi connectivity index (χ1n) is 5.03. The molecular formula is C10H23PTm. The summed E-state index contributed by atoms with van der Waals surface area (Å²) in [6.45, 7) is 4.54. The van der Waals surface area contributed by atoms with Gasteiger partial charge in [0.1, 0.15) is 0 Å². The van der Waals surface area contributed by atoms with Gasteiger partial charge in [-0.1, -0.05) is 52.4 Å². The van der Waals surface area contributed by atoms with E-state index in [1.54, 1.807) is 0 Å². The van der Waals surface area contributed by atoms with Crippen LogP contribution in [0.2, 0.25) is 0 Å². The molecule has 2 heteroatoms. The predicted octanol–water partition coefficient (Wildman–Crippen LogP) is 4.00. The molecule has 0 rings (SSSR count). The van der Waals surface area contributed by atoms with Gasteiger partial charge in [-0.3, -0.25) is 0 Å². The Kier molecular flexibility index (Phi) is 17.0. The minimum atomic E-state index is 0. The number of hydrogen-bond acceptors (Lipinski definition) is 0. The van der Waals surface area contributed by atoms with Gasteiger partial charge in [-0.25, -0.2) is 0 Å². The van der Waals surface area contributed by atoms with Gasteiger partial charge in [0, 0.05) is 36.9 Å². The summed E-state index contributed by atoms with van der Waals surface area (Å²) < 4.78 is 0. The average molecular weight is 343 g/mol. The zero-order valence-corrected chi connectivity index (χ0v) is 11.3. The van der Waals surface area contributed by atoms with E-state index in [2.05, 4.69) is 23.1 Å². The maximum atomic E-state index is 2.87. The first-order valence-corrected chi connectivity index (χ1v) is 5.69. The normalized spacial score (nSPS) is 12.2. The molecule has 0 nitrogen and oxygen atoms in total. The minimum Gasteiger partial charge on any atom is -0.135 e. The van der Waals surface area contributed by atoms with Gasteiger partial charge >= 0.3 is 0 Å². The van der Waals surface area contributed by atoms with E-state index >= 15 is 0 Å². The Morgan fingerprint density at radius 2 is 1.50 bits per heavy atom. The van der Waals surface area contributed by atoms with Gasteiger partial charge in [0.15, 0.2) is 0 Å². The van der Waals surface area contributed by atoms with Gasteiger partial charge in [-0.15, -0.1) is 9.24 Å². The predicted molar refractivity (Wildman–Crippen MR) is 57.2 cm³/mol. The van der Waals surface area contributed by atoms with Crippen LogP contribution in [0.5, 0.6) is 0 Å². The third-order valence-corrected chi connectivity index (χ3v) is 2.35. The van der Waals surface area contributed by atoms with E-state index in [1.807, 2.05) is 0 Å². The molecule has 0 fully saturated rings. The third-order valence-electron chi connectivity index (χ3n) is 2.01. The zero-order chi connectivity index (χ0) is 8.53. The molecule has 0 amide bonds. The molecule has 2 atom stereocenters. The quantitative estimate of drug-likeness (QED) is 0.484. The summed E-state index contributed by atoms with van der Waals surface area (Å²) in [6.07, 6.45) is 9.94. The molecule has 0 N–H and O–H groups in total. The molecule has 0 bridgehead atoms. The van der Waals surface area contributed by atoms with E-state index in [0.717, 1.165) is 5.66 Å². The van der Waals surface area contributed by atoms with Crippen molar-refractivity contribution in [3.63, 3.8) is 0 Å². The van der Waals surface area contributed by atoms with Gasteiger partial charge in [0.2, 0.25) is 0 Å². The van der Waals surface area contributed by atoms with Crippen LogP contribution in [0.3, 0.4) is 0 Å². The Labute approximate surface area is 110 Å². The smallest absolute Gasteiger partial charge is 0 e. The molecule has 0 aromatic carbocycles. The second-order valence-electron chi connectivity index (χ2n) is 3.53. The Morgan fingerprint density at radius 3 is 2.00 bits per heavy atom. The van der Waals surface area contributed by atoms with Crippen molar-refractivity contribution in [3.05, 3.63) is 0 Å². The molecule has 0 heterocycles. The van der Waals surface area contributed by atoms with Crippen LogP contribution in [-0.4, -0.2) is 5.66 Å². The standard InChI is InChI=1S/C10H23P.Tm/c1-3-4-5-6-7-8-9-10(2)11;/h10H,3-9,11H2,1-2H3;. The van der Waals surface area contributed by atoms with Crippen LogP contribution in [0.15, 0.2) is 0 Å². The fourth-order valence-electron chi connectivity index (χ4n) is 1.25. The molecule has 0 saturated heterocycles. The van der Waals surface area contributed by atoms with Gasteiger partial charge in [0.25, 0.3) is 0 Å². The monoisotopic (exact) mass is 343 g/mol. The van der Waals surface area contributed by atoms with E-state index < -0.39 is 0 Å². The molecular weight excluding hydrogens is 320 g/mol. The van der Waals surface area contributed by atoms with Crippen LogP contribution >= 0.6 is 9.24 Å². The Morgan fingerprint density at radius 1 is 1.00 bits per heavy atom. The molecule has 0 aromatic heterocycles. The number of rotatable bonds is 7. The summed E-state index contributed by atoms with van der Waals surface area (Å²) in [7, 11) is 2.87. The molecule has 0 aliphatic carbocycles. The molecule has 12 heavy (non-hydrogen) atoms. The molecule has 0 saturated carbocycles. The Bertz CT molecular complexity index is 74.2. The van der Waals surface area contributed by atoms with Crippen molar-refractivity contribution in [2.45, 2.75) is 64.5 Å². The number of unbranched alkanes of at least 4 members (excludes halogenated alkanes) is 5. The zero-order valence-electron chi connectivity index (χ0n) is 8.38. The van der Waals surface area contributed by atoms with Crippen LogP contribution in [0.4, 0.5) is 0 Å². The van der Waals surface area contributed by atoms with Crippen LogP contribution in [0.1, 0.15) is 58.8 Å². The minimum absolute atomic E-state index is 0. The average Bonchev–Trinajstić information content (AvgIpc) is 1.96. The molecule has 0 aliphatic rings. The van der Waals surface area contributed by atoms with Crippen molar-refractivity contribution in [2.75, 3.05) is 0 Å². The second-order valence-corrected chi connectivity index (χ2v) is 4.67. The maximum Gasteiger partial charge on any atom is 0 e. The molecule has 1 radical (unpaired) electrons. The Balaban J connectivity index is 0. The van der Waals surface area contributed by atoms with E-state index in [-0.39, 0.29) is 36.9 Å². The molecule has 0 aliphatic heterocycles. The third kappa shape index (κ3) is 14.2. The van der Waals surface area contributed by atoms with E-state index in [0.29, 0.717) is 0 Å². The fourth-order valence-corrected chi connectivity index (χ4v) is 1.48. The first kappa shape index (κ1) is 16.1. The second kappa shape index (κ2) is 12.7. The fraction of sp³-hybridized carbons (Fsp3) is 1.00. The summed E-state index contributed by atoms with van der Waals surface area (Å²) in [5.41, 5.74) is 0.821. The topological polar surface area (TPSA) is 0 Å². The molecule has 0 aromatic rings. The van der Waals surface area contributed by atoms with E-state index in [1.165, 1.54) is 44.9 Å². The van der Waals surface area contributed by atoms with Crippen LogP contribution in [0, 0.1) is 36.9 Å². The van der Waals surface area contributed by atoms with Crippen molar-refractivity contribution in [1.29, 1.82) is 0 Å². The summed E-state index contributed by atoms with van der Waals surface area (Å²) in [5.74, 6) is 0. The van der Waals surface area contributed by atoms with Crippen molar-refractivity contribution >= 4 is 9.24 Å². The van der Waals surface area contributed by atoms with Crippen molar-refractivity contribution in [1.82, 2.24) is 0 Å². The maximum absolute atomic E-state index is 2.87. The summed E-state index contributed by atoms with van der Waals surface area (Å²) in [5, 5.41) is 0. The van der Waals surface area contributed by atoms with E-state index in [4.69, 9.17) is 0 Å². The molecule has 81 valence electrons. The van der Waals surface area contributed by atoms with Gasteiger partial charge in [-0.2, -0.15) is 0 Å². The van der Waals surface area contributed by atoms with Crippen molar-refractivity contribution in [2.24, 2.45) is 0 Å². The number of hydrogen-bond donors (Lipinski definition) is 0. The molecule has 0 spiro atoms. The summed E-state index contributed by atoms with van der Waals surface area (Å²) >= 11 is 0. The Hall–Kier alpha value is 1.66. The van der Waals surface area contributed by atoms with Crippen molar-refractivity contribution < 1.29 is 36.9 Å². The van der Waals surface area contributed by atoms with Crippen LogP contribution in [0.25, 0.3) is 0 Å². The largest absolute Gasteiger partial charge is 0.135 e. The van der Waals surface area contributed by atoms with Crippen LogP contribution in [-0.2, 0) is 0 Å². The SMILES string of the molecule is CCCCCCCCC(C)P.[Tm]. The van der Waals surface area contributed by atoms with Gasteiger partial charge in [-0.05, 0) is 12.1 Å². The van der Waals surface area contributed by atoms with Crippen LogP contribution < -0.4 is 0 Å². The van der Waals surface area contributed by atoms with E-state index in [9.17, 15) is 0 Å². The first-order chi connectivity index (χ1) is 5.27. The van der Waals surface area contributed by atoms with Gasteiger partial charge < -0.3 is 0 Å². The summed E-state index contributed by atoms with van der Waals surface area (Å²) in [4.78, 5) is 0. The summed E-state index contributed by atoms with van der Waals surface area (Å²) in [6, 6.07) is 0. The molecule has 2 unspecified atom stereocenters.